The number of hydrogen-bond acceptors (Lipinski definition) is 2. The van der Waals surface area contributed by atoms with Gasteiger partial charge in [0.1, 0.15) is 5.82 Å². The predicted molar refractivity (Wildman–Crippen MR) is 124 cm³/mol. The molecule has 3 aromatic rings. The molecule has 2 unspecified atom stereocenters. The van der Waals surface area contributed by atoms with Crippen molar-refractivity contribution in [3.63, 3.8) is 0 Å². The fourth-order valence-corrected chi connectivity index (χ4v) is 5.24. The number of halogens is 5. The van der Waals surface area contributed by atoms with Crippen molar-refractivity contribution in [3.8, 4) is 0 Å². The van der Waals surface area contributed by atoms with Gasteiger partial charge in [-0.3, -0.25) is 4.90 Å². The highest BCUT2D eigenvalue weighted by Gasteiger charge is 2.41. The molecule has 1 aliphatic heterocycles. The lowest BCUT2D eigenvalue weighted by Crippen LogP contribution is -2.47. The molecule has 4 nitrogen and oxygen atoms in total. The van der Waals surface area contributed by atoms with E-state index in [0.29, 0.717) is 34.1 Å². The average Bonchev–Trinajstić information content (AvgIpc) is 3.04. The molecule has 0 saturated carbocycles. The van der Waals surface area contributed by atoms with E-state index < -0.39 is 24.5 Å². The van der Waals surface area contributed by atoms with Crippen molar-refractivity contribution in [2.45, 2.75) is 38.3 Å². The van der Waals surface area contributed by atoms with Crippen LogP contribution >= 0.6 is 23.2 Å². The van der Waals surface area contributed by atoms with Crippen LogP contribution in [0.3, 0.4) is 0 Å². The number of nitrogens with zero attached hydrogens (tertiary/aromatic N) is 1. The van der Waals surface area contributed by atoms with Crippen molar-refractivity contribution in [2.75, 3.05) is 6.54 Å². The smallest absolute Gasteiger partial charge is 0.328 e. The maximum atomic E-state index is 14.2. The van der Waals surface area contributed by atoms with Crippen molar-refractivity contribution < 1.29 is 23.1 Å². The molecule has 0 radical (unpaired) electrons. The molecule has 0 saturated heterocycles. The van der Waals surface area contributed by atoms with E-state index in [1.807, 2.05) is 6.92 Å². The monoisotopic (exact) mass is 496 g/mol. The summed E-state index contributed by atoms with van der Waals surface area (Å²) in [5.41, 5.74) is 3.05. The third-order valence-electron chi connectivity index (χ3n) is 5.83. The summed E-state index contributed by atoms with van der Waals surface area (Å²) >= 11 is 13.2. The molecule has 0 aliphatic carbocycles. The van der Waals surface area contributed by atoms with Gasteiger partial charge in [0.05, 0.1) is 12.6 Å². The Morgan fingerprint density at radius 2 is 1.94 bits per heavy atom. The summed E-state index contributed by atoms with van der Waals surface area (Å²) in [6, 6.07) is 6.44. The van der Waals surface area contributed by atoms with E-state index in [2.05, 4.69) is 4.98 Å². The van der Waals surface area contributed by atoms with E-state index in [1.54, 1.807) is 23.1 Å². The lowest BCUT2D eigenvalue weighted by molar-refractivity contribution is -0.131. The minimum absolute atomic E-state index is 0.215. The van der Waals surface area contributed by atoms with Crippen molar-refractivity contribution in [1.29, 1.82) is 0 Å². The number of fused-ring (bicyclic) bond motifs is 3. The van der Waals surface area contributed by atoms with Crippen LogP contribution in [0.5, 0.6) is 0 Å². The molecule has 0 bridgehead atoms. The van der Waals surface area contributed by atoms with Gasteiger partial charge in [0.2, 0.25) is 0 Å². The zero-order valence-corrected chi connectivity index (χ0v) is 19.3. The van der Waals surface area contributed by atoms with Crippen LogP contribution in [0.4, 0.5) is 13.2 Å². The molecular weight excluding hydrogens is 476 g/mol. The fourth-order valence-electron chi connectivity index (χ4n) is 4.53. The van der Waals surface area contributed by atoms with Crippen LogP contribution in [-0.4, -0.2) is 39.5 Å². The minimum atomic E-state index is -2.98. The molecule has 4 rings (SSSR count). The zero-order chi connectivity index (χ0) is 24.1. The number of carboxylic acids is 1. The maximum absolute atomic E-state index is 14.2. The first-order chi connectivity index (χ1) is 15.4. The number of aromatic nitrogens is 1. The van der Waals surface area contributed by atoms with Crippen LogP contribution in [-0.2, 0) is 11.2 Å². The molecule has 0 amide bonds. The quantitative estimate of drug-likeness (QED) is 0.386. The first kappa shape index (κ1) is 23.7. The molecule has 1 aromatic heterocycles. The number of benzene rings is 2. The Morgan fingerprint density at radius 1 is 1.27 bits per heavy atom. The Hall–Kier alpha value is -2.48. The predicted octanol–water partition coefficient (Wildman–Crippen LogP) is 6.70. The summed E-state index contributed by atoms with van der Waals surface area (Å²) < 4.78 is 42.4. The van der Waals surface area contributed by atoms with Crippen LogP contribution < -0.4 is 0 Å². The highest BCUT2D eigenvalue weighted by Crippen LogP contribution is 2.46. The Labute approximate surface area is 198 Å². The molecule has 33 heavy (non-hydrogen) atoms. The number of nitrogens with one attached hydrogen (secondary N) is 1. The van der Waals surface area contributed by atoms with Crippen LogP contribution in [0.25, 0.3) is 17.0 Å². The molecular formula is C24H21Cl2F3N2O2. The first-order valence-electron chi connectivity index (χ1n) is 10.3. The molecule has 2 N–H and O–H groups in total. The first-order valence-corrected chi connectivity index (χ1v) is 11.0. The Kier molecular flexibility index (Phi) is 6.24. The lowest BCUT2D eigenvalue weighted by Gasteiger charge is -2.42. The van der Waals surface area contributed by atoms with Gasteiger partial charge in [-0.05, 0) is 60.9 Å². The summed E-state index contributed by atoms with van der Waals surface area (Å²) in [5.74, 6) is -4.49. The molecule has 1 aliphatic rings. The van der Waals surface area contributed by atoms with E-state index in [1.165, 1.54) is 18.2 Å². The summed E-state index contributed by atoms with van der Waals surface area (Å²) in [5, 5.41) is 10.0. The standard InChI is InChI=1S/C24H21Cl2F3N2O2/c1-12-7-16-15-10-14(27)4-5-19(15)30-22(16)23(31(12)11-24(2,28)29)21-17(25)8-13(9-18(21)26)3-6-20(32)33/h3-6,8-10,12,23,30H,7,11H2,1-2H3,(H,32,33)/b6-3+. The molecule has 2 heterocycles. The van der Waals surface area contributed by atoms with E-state index in [0.717, 1.165) is 18.6 Å². The highest BCUT2D eigenvalue weighted by molar-refractivity contribution is 6.36. The van der Waals surface area contributed by atoms with Gasteiger partial charge in [0, 0.05) is 51.2 Å². The Morgan fingerprint density at radius 3 is 2.55 bits per heavy atom. The summed E-state index contributed by atoms with van der Waals surface area (Å²) in [6.07, 6.45) is 2.75. The number of alkyl halides is 2. The van der Waals surface area contributed by atoms with Gasteiger partial charge in [0.25, 0.3) is 5.92 Å². The van der Waals surface area contributed by atoms with Gasteiger partial charge in [-0.25, -0.2) is 18.0 Å². The minimum Gasteiger partial charge on any atom is -0.478 e. The Balaban J connectivity index is 1.93. The second kappa shape index (κ2) is 8.70. The average molecular weight is 497 g/mol. The number of aliphatic carboxylic acids is 1. The van der Waals surface area contributed by atoms with E-state index in [-0.39, 0.29) is 21.9 Å². The second-order valence-corrected chi connectivity index (χ2v) is 9.29. The van der Waals surface area contributed by atoms with Gasteiger partial charge in [-0.1, -0.05) is 23.2 Å². The normalized spacial score (nSPS) is 19.4. The van der Waals surface area contributed by atoms with E-state index >= 15 is 0 Å². The van der Waals surface area contributed by atoms with Crippen molar-refractivity contribution in [2.24, 2.45) is 0 Å². The van der Waals surface area contributed by atoms with Crippen molar-refractivity contribution in [1.82, 2.24) is 9.88 Å². The SMILES string of the molecule is CC1Cc2c([nH]c3ccc(F)cc23)C(c2c(Cl)cc(/C=C/C(=O)O)cc2Cl)N1CC(C)(F)F. The van der Waals surface area contributed by atoms with E-state index in [9.17, 15) is 18.0 Å². The van der Waals surface area contributed by atoms with Gasteiger partial charge in [-0.15, -0.1) is 0 Å². The zero-order valence-electron chi connectivity index (χ0n) is 17.8. The maximum Gasteiger partial charge on any atom is 0.328 e. The number of hydrogen-bond donors (Lipinski definition) is 2. The van der Waals surface area contributed by atoms with Crippen molar-refractivity contribution >= 4 is 46.2 Å². The van der Waals surface area contributed by atoms with Crippen LogP contribution in [0.2, 0.25) is 10.0 Å². The van der Waals surface area contributed by atoms with E-state index in [4.69, 9.17) is 28.3 Å². The highest BCUT2D eigenvalue weighted by atomic mass is 35.5. The van der Waals surface area contributed by atoms with Crippen LogP contribution in [0, 0.1) is 5.82 Å². The molecule has 2 atom stereocenters. The number of carboxylic acid groups (broad SMARTS) is 1. The topological polar surface area (TPSA) is 56.3 Å². The largest absolute Gasteiger partial charge is 0.478 e. The second-order valence-electron chi connectivity index (χ2n) is 8.48. The molecule has 0 fully saturated rings. The molecule has 2 aromatic carbocycles. The van der Waals surface area contributed by atoms with Gasteiger partial charge in [0.15, 0.2) is 0 Å². The molecule has 174 valence electrons. The number of carbonyl (C=O) groups is 1. The van der Waals surface area contributed by atoms with Gasteiger partial charge in [-0.2, -0.15) is 0 Å². The van der Waals surface area contributed by atoms with Gasteiger partial charge >= 0.3 is 5.97 Å². The third kappa shape index (κ3) is 4.76. The fraction of sp³-hybridized carbons (Fsp3) is 0.292. The summed E-state index contributed by atoms with van der Waals surface area (Å²) in [4.78, 5) is 15.8. The molecule has 9 heteroatoms. The number of H-pyrrole nitrogens is 1. The lowest BCUT2D eigenvalue weighted by atomic mass is 9.88. The number of aromatic amines is 1. The number of rotatable bonds is 5. The molecule has 0 spiro atoms. The summed E-state index contributed by atoms with van der Waals surface area (Å²) in [7, 11) is 0. The van der Waals surface area contributed by atoms with Crippen molar-refractivity contribution in [3.05, 3.63) is 74.7 Å². The van der Waals surface area contributed by atoms with Crippen LogP contribution in [0.15, 0.2) is 36.4 Å². The Bertz CT molecular complexity index is 1240. The third-order valence-corrected chi connectivity index (χ3v) is 6.45. The summed E-state index contributed by atoms with van der Waals surface area (Å²) in [6.45, 7) is 2.16. The van der Waals surface area contributed by atoms with Gasteiger partial charge < -0.3 is 10.1 Å². The van der Waals surface area contributed by atoms with Crippen LogP contribution in [0.1, 0.15) is 42.3 Å².